The molecule has 0 saturated heterocycles. The maximum Gasteiger partial charge on any atom is 0.0591 e. The van der Waals surface area contributed by atoms with E-state index >= 15 is 0 Å². The quantitative estimate of drug-likeness (QED) is 0.862. The van der Waals surface area contributed by atoms with Crippen LogP contribution in [0.1, 0.15) is 38.6 Å². The van der Waals surface area contributed by atoms with Crippen LogP contribution in [-0.4, -0.2) is 24.0 Å². The van der Waals surface area contributed by atoms with Crippen molar-refractivity contribution in [2.45, 2.75) is 39.8 Å². The van der Waals surface area contributed by atoms with E-state index in [0.717, 1.165) is 17.6 Å². The highest BCUT2D eigenvalue weighted by Gasteiger charge is 2.24. The van der Waals surface area contributed by atoms with Gasteiger partial charge in [-0.15, -0.1) is 11.3 Å². The maximum absolute atomic E-state index is 6.18. The predicted octanol–water partition coefficient (Wildman–Crippen LogP) is 3.88. The van der Waals surface area contributed by atoms with Gasteiger partial charge in [0.25, 0.3) is 0 Å². The van der Waals surface area contributed by atoms with Crippen molar-refractivity contribution in [2.24, 2.45) is 11.7 Å². The van der Waals surface area contributed by atoms with E-state index < -0.39 is 0 Å². The second-order valence-electron chi connectivity index (χ2n) is 4.95. The monoisotopic (exact) mass is 318 g/mol. The Labute approximate surface area is 117 Å². The van der Waals surface area contributed by atoms with Gasteiger partial charge in [-0.1, -0.05) is 20.8 Å². The van der Waals surface area contributed by atoms with Crippen LogP contribution in [0.4, 0.5) is 0 Å². The summed E-state index contributed by atoms with van der Waals surface area (Å²) in [6, 6.07) is 2.68. The molecule has 0 bridgehead atoms. The first kappa shape index (κ1) is 15.2. The topological polar surface area (TPSA) is 29.3 Å². The van der Waals surface area contributed by atoms with Gasteiger partial charge >= 0.3 is 0 Å². The van der Waals surface area contributed by atoms with Crippen LogP contribution in [0.25, 0.3) is 0 Å². The molecule has 0 saturated carbocycles. The third kappa shape index (κ3) is 4.36. The average molecular weight is 319 g/mol. The predicted molar refractivity (Wildman–Crippen MR) is 80.5 cm³/mol. The van der Waals surface area contributed by atoms with Crippen molar-refractivity contribution in [1.82, 2.24) is 4.90 Å². The number of hydrogen-bond acceptors (Lipinski definition) is 3. The number of likely N-dealkylation sites (N-methyl/N-ethyl adjacent to an activating group) is 1. The summed E-state index contributed by atoms with van der Waals surface area (Å²) in [7, 11) is 0. The molecule has 0 radical (unpaired) electrons. The molecule has 0 aliphatic rings. The highest BCUT2D eigenvalue weighted by molar-refractivity contribution is 9.10. The minimum atomic E-state index is 0.152. The summed E-state index contributed by atoms with van der Waals surface area (Å²) < 4.78 is 1.16. The molecule has 1 rings (SSSR count). The van der Waals surface area contributed by atoms with Crippen LogP contribution in [0.3, 0.4) is 0 Å². The minimum Gasteiger partial charge on any atom is -0.326 e. The third-order valence-electron chi connectivity index (χ3n) is 2.78. The molecule has 0 aromatic carbocycles. The molecule has 0 amide bonds. The van der Waals surface area contributed by atoms with Crippen LogP contribution < -0.4 is 5.73 Å². The molecule has 0 aliphatic heterocycles. The maximum atomic E-state index is 6.18. The van der Waals surface area contributed by atoms with Crippen LogP contribution in [0, 0.1) is 5.92 Å². The Bertz CT molecular complexity index is 336. The molecule has 98 valence electrons. The standard InChI is InChI=1S/C13H23BrN2S/c1-5-16(7-9(2)3)13(10(4)15)12-6-11(14)8-17-12/h6,8-10,13H,5,7,15H2,1-4H3. The Morgan fingerprint density at radius 3 is 2.41 bits per heavy atom. The zero-order chi connectivity index (χ0) is 13.0. The Kier molecular flexibility index (Phi) is 6.13. The first-order chi connectivity index (χ1) is 7.95. The highest BCUT2D eigenvalue weighted by atomic mass is 79.9. The van der Waals surface area contributed by atoms with Crippen molar-refractivity contribution in [2.75, 3.05) is 13.1 Å². The van der Waals surface area contributed by atoms with E-state index in [9.17, 15) is 0 Å². The summed E-state index contributed by atoms with van der Waals surface area (Å²) in [6.45, 7) is 11.0. The van der Waals surface area contributed by atoms with Crippen molar-refractivity contribution in [1.29, 1.82) is 0 Å². The van der Waals surface area contributed by atoms with Crippen molar-refractivity contribution >= 4 is 27.3 Å². The molecule has 4 heteroatoms. The normalized spacial score (nSPS) is 15.5. The van der Waals surface area contributed by atoms with Gasteiger partial charge in [-0.3, -0.25) is 4.90 Å². The average Bonchev–Trinajstić information content (AvgIpc) is 2.62. The van der Waals surface area contributed by atoms with Crippen molar-refractivity contribution < 1.29 is 0 Å². The van der Waals surface area contributed by atoms with Gasteiger partial charge in [-0.2, -0.15) is 0 Å². The van der Waals surface area contributed by atoms with E-state index in [1.54, 1.807) is 11.3 Å². The molecular formula is C13H23BrN2S. The van der Waals surface area contributed by atoms with Crippen molar-refractivity contribution in [3.8, 4) is 0 Å². The van der Waals surface area contributed by atoms with Gasteiger partial charge in [0.1, 0.15) is 0 Å². The Morgan fingerprint density at radius 2 is 2.06 bits per heavy atom. The van der Waals surface area contributed by atoms with Gasteiger partial charge in [-0.05, 0) is 41.4 Å². The molecule has 0 aliphatic carbocycles. The van der Waals surface area contributed by atoms with Gasteiger partial charge in [0.2, 0.25) is 0 Å². The van der Waals surface area contributed by atoms with E-state index in [1.165, 1.54) is 4.88 Å². The van der Waals surface area contributed by atoms with Gasteiger partial charge < -0.3 is 5.73 Å². The van der Waals surface area contributed by atoms with E-state index in [-0.39, 0.29) is 6.04 Å². The largest absolute Gasteiger partial charge is 0.326 e. The molecule has 1 aromatic heterocycles. The second-order valence-corrected chi connectivity index (χ2v) is 6.81. The molecule has 0 fully saturated rings. The van der Waals surface area contributed by atoms with Gasteiger partial charge in [0.15, 0.2) is 0 Å². The lowest BCUT2D eigenvalue weighted by Gasteiger charge is -2.34. The van der Waals surface area contributed by atoms with E-state index in [1.807, 2.05) is 0 Å². The summed E-state index contributed by atoms with van der Waals surface area (Å²) >= 11 is 5.31. The number of rotatable bonds is 6. The molecular weight excluding hydrogens is 296 g/mol. The fourth-order valence-corrected chi connectivity index (χ4v) is 3.86. The summed E-state index contributed by atoms with van der Waals surface area (Å²) in [5, 5.41) is 2.13. The fourth-order valence-electron chi connectivity index (χ4n) is 2.16. The summed E-state index contributed by atoms with van der Waals surface area (Å²) in [4.78, 5) is 3.84. The molecule has 1 aromatic rings. The molecule has 2 atom stereocenters. The van der Waals surface area contributed by atoms with E-state index in [2.05, 4.69) is 60.0 Å². The smallest absolute Gasteiger partial charge is 0.0591 e. The fraction of sp³-hybridized carbons (Fsp3) is 0.692. The molecule has 17 heavy (non-hydrogen) atoms. The lowest BCUT2D eigenvalue weighted by atomic mass is 10.1. The summed E-state index contributed by atoms with van der Waals surface area (Å²) in [5.74, 6) is 0.666. The SMILES string of the molecule is CCN(CC(C)C)C(c1cc(Br)cs1)C(C)N. The number of nitrogens with zero attached hydrogens (tertiary/aromatic N) is 1. The van der Waals surface area contributed by atoms with Crippen LogP contribution in [0.2, 0.25) is 0 Å². The number of nitrogens with two attached hydrogens (primary N) is 1. The zero-order valence-corrected chi connectivity index (χ0v) is 13.5. The van der Waals surface area contributed by atoms with Crippen molar-refractivity contribution in [3.05, 3.63) is 20.8 Å². The third-order valence-corrected chi connectivity index (χ3v) is 4.54. The number of hydrogen-bond donors (Lipinski definition) is 1. The molecule has 1 heterocycles. The molecule has 0 spiro atoms. The second kappa shape index (κ2) is 6.88. The van der Waals surface area contributed by atoms with Crippen LogP contribution in [0.15, 0.2) is 15.9 Å². The van der Waals surface area contributed by atoms with Gasteiger partial charge in [-0.25, -0.2) is 0 Å². The van der Waals surface area contributed by atoms with Crippen LogP contribution in [0.5, 0.6) is 0 Å². The van der Waals surface area contributed by atoms with E-state index in [4.69, 9.17) is 5.73 Å². The Hall–Kier alpha value is 0.1000. The molecule has 2 N–H and O–H groups in total. The first-order valence-corrected chi connectivity index (χ1v) is 7.86. The highest BCUT2D eigenvalue weighted by Crippen LogP contribution is 2.31. The lowest BCUT2D eigenvalue weighted by Crippen LogP contribution is -2.40. The zero-order valence-electron chi connectivity index (χ0n) is 11.1. The lowest BCUT2D eigenvalue weighted by molar-refractivity contribution is 0.168. The first-order valence-electron chi connectivity index (χ1n) is 6.19. The van der Waals surface area contributed by atoms with E-state index in [0.29, 0.717) is 12.0 Å². The Balaban J connectivity index is 2.90. The summed E-state index contributed by atoms with van der Waals surface area (Å²) in [6.07, 6.45) is 0. The van der Waals surface area contributed by atoms with Crippen molar-refractivity contribution in [3.63, 3.8) is 0 Å². The van der Waals surface area contributed by atoms with Gasteiger partial charge in [0.05, 0.1) is 6.04 Å². The Morgan fingerprint density at radius 1 is 1.41 bits per heavy atom. The molecule has 2 nitrogen and oxygen atoms in total. The minimum absolute atomic E-state index is 0.152. The summed E-state index contributed by atoms with van der Waals surface area (Å²) in [5.41, 5.74) is 6.18. The van der Waals surface area contributed by atoms with Crippen LogP contribution in [-0.2, 0) is 0 Å². The number of halogens is 1. The van der Waals surface area contributed by atoms with Crippen LogP contribution >= 0.6 is 27.3 Å². The van der Waals surface area contributed by atoms with Gasteiger partial charge in [0, 0.05) is 27.3 Å². The molecule has 2 unspecified atom stereocenters. The number of thiophene rings is 1.